The van der Waals surface area contributed by atoms with E-state index in [1.165, 1.54) is 11.5 Å². The van der Waals surface area contributed by atoms with Gasteiger partial charge in [-0.3, -0.25) is 0 Å². The Kier molecular flexibility index (Phi) is 2.27. The molecule has 0 saturated carbocycles. The average Bonchev–Trinajstić information content (AvgIpc) is 1.72. The van der Waals surface area contributed by atoms with Crippen LogP contribution in [0.1, 0.15) is 0 Å². The molecule has 0 aromatic rings. The minimum absolute atomic E-state index is 1.22. The third-order valence-electron chi connectivity index (χ3n) is 0.564. The topological polar surface area (TPSA) is 0 Å². The van der Waals surface area contributed by atoms with E-state index in [0.717, 1.165) is 0 Å². The maximum atomic E-state index is 2.29. The van der Waals surface area contributed by atoms with Crippen molar-refractivity contribution in [3.05, 3.63) is 11.5 Å². The summed E-state index contributed by atoms with van der Waals surface area (Å²) in [5, 5.41) is 2.19. The maximum Gasteiger partial charge on any atom is 0.0712 e. The van der Waals surface area contributed by atoms with Crippen LogP contribution >= 0.6 is 23.5 Å². The van der Waals surface area contributed by atoms with E-state index in [0.29, 0.717) is 0 Å². The molecule has 2 radical (unpaired) electrons. The van der Waals surface area contributed by atoms with Crippen LogP contribution in [0.15, 0.2) is 0 Å². The molecule has 0 nitrogen and oxygen atoms in total. The lowest BCUT2D eigenvalue weighted by molar-refractivity contribution is 1.44. The maximum absolute atomic E-state index is 2.29. The van der Waals surface area contributed by atoms with Gasteiger partial charge < -0.3 is 0 Å². The van der Waals surface area contributed by atoms with Crippen molar-refractivity contribution in [2.75, 3.05) is 11.5 Å². The first-order valence-electron chi connectivity index (χ1n) is 1.87. The van der Waals surface area contributed by atoms with E-state index in [9.17, 15) is 0 Å². The van der Waals surface area contributed by atoms with Gasteiger partial charge >= 0.3 is 0 Å². The quantitative estimate of drug-likeness (QED) is 0.475. The van der Waals surface area contributed by atoms with Crippen molar-refractivity contribution >= 4 is 23.5 Å². The van der Waals surface area contributed by atoms with Crippen molar-refractivity contribution in [2.45, 2.75) is 0 Å². The van der Waals surface area contributed by atoms with E-state index in [4.69, 9.17) is 0 Å². The summed E-state index contributed by atoms with van der Waals surface area (Å²) < 4.78 is 0. The molecule has 0 bridgehead atoms. The van der Waals surface area contributed by atoms with E-state index in [1.54, 1.807) is 0 Å². The first-order valence-corrected chi connectivity index (χ1v) is 3.96. The number of rotatable bonds is 0. The summed E-state index contributed by atoms with van der Waals surface area (Å²) in [7, 11) is 0. The highest BCUT2D eigenvalue weighted by Crippen LogP contribution is 2.24. The standard InChI is InChI=1S/C4H6S2/c1-2-5-4-6-3-1/h1,4H,2-3H2. The van der Waals surface area contributed by atoms with Crippen molar-refractivity contribution in [3.63, 3.8) is 0 Å². The fourth-order valence-corrected chi connectivity index (χ4v) is 1.98. The highest BCUT2D eigenvalue weighted by Gasteiger charge is 1.96. The van der Waals surface area contributed by atoms with Crippen LogP contribution in [-0.2, 0) is 0 Å². The lowest BCUT2D eigenvalue weighted by Crippen LogP contribution is -1.88. The third-order valence-corrected chi connectivity index (χ3v) is 2.51. The van der Waals surface area contributed by atoms with E-state index in [1.807, 2.05) is 23.5 Å². The van der Waals surface area contributed by atoms with Gasteiger partial charge in [0.05, 0.1) is 5.08 Å². The molecular formula is C4H6S2. The summed E-state index contributed by atoms with van der Waals surface area (Å²) in [5.74, 6) is 2.43. The first kappa shape index (κ1) is 4.85. The van der Waals surface area contributed by atoms with Crippen LogP contribution in [0.25, 0.3) is 0 Å². The molecule has 1 saturated heterocycles. The predicted octanol–water partition coefficient (Wildman–Crippen LogP) is 1.79. The lowest BCUT2D eigenvalue weighted by Gasteiger charge is -2.04. The number of hydrogen-bond donors (Lipinski definition) is 0. The molecule has 0 aromatic carbocycles. The highest BCUT2D eigenvalue weighted by molar-refractivity contribution is 8.20. The molecule has 34 valence electrons. The van der Waals surface area contributed by atoms with Crippen molar-refractivity contribution in [2.24, 2.45) is 0 Å². The van der Waals surface area contributed by atoms with Crippen LogP contribution in [0, 0.1) is 11.5 Å². The summed E-state index contributed by atoms with van der Waals surface area (Å²) in [5.41, 5.74) is 0. The predicted molar refractivity (Wildman–Crippen MR) is 33.5 cm³/mol. The van der Waals surface area contributed by atoms with Crippen LogP contribution in [0.3, 0.4) is 0 Å². The Morgan fingerprint density at radius 2 is 1.83 bits per heavy atom. The molecule has 1 aliphatic rings. The minimum atomic E-state index is 1.22. The van der Waals surface area contributed by atoms with E-state index in [-0.39, 0.29) is 0 Å². The number of thioether (sulfide) groups is 2. The molecule has 0 aromatic heterocycles. The Morgan fingerprint density at radius 3 is 2.00 bits per heavy atom. The van der Waals surface area contributed by atoms with Gasteiger partial charge in [-0.25, -0.2) is 0 Å². The molecule has 1 fully saturated rings. The van der Waals surface area contributed by atoms with Gasteiger partial charge in [0.2, 0.25) is 0 Å². The minimum Gasteiger partial charge on any atom is -0.145 e. The van der Waals surface area contributed by atoms with Gasteiger partial charge in [-0.1, -0.05) is 0 Å². The van der Waals surface area contributed by atoms with E-state index in [2.05, 4.69) is 11.5 Å². The van der Waals surface area contributed by atoms with Gasteiger partial charge in [0.25, 0.3) is 0 Å². The first-order chi connectivity index (χ1) is 3.00. The molecule has 1 heterocycles. The Labute approximate surface area is 47.1 Å². The molecule has 0 unspecified atom stereocenters. The molecule has 0 amide bonds. The summed E-state index contributed by atoms with van der Waals surface area (Å²) in [4.78, 5) is 0. The van der Waals surface area contributed by atoms with E-state index < -0.39 is 0 Å². The van der Waals surface area contributed by atoms with Crippen LogP contribution in [0.4, 0.5) is 0 Å². The summed E-state index contributed by atoms with van der Waals surface area (Å²) in [6.45, 7) is 0. The van der Waals surface area contributed by atoms with Crippen molar-refractivity contribution in [1.29, 1.82) is 0 Å². The Hall–Kier alpha value is 0.700. The molecular weight excluding hydrogens is 112 g/mol. The summed E-state index contributed by atoms with van der Waals surface area (Å²) >= 11 is 3.75. The molecule has 1 rings (SSSR count). The molecule has 1 aliphatic heterocycles. The Bertz CT molecular complexity index is 21.0. The van der Waals surface area contributed by atoms with Crippen LogP contribution < -0.4 is 0 Å². The van der Waals surface area contributed by atoms with Gasteiger partial charge in [0.15, 0.2) is 0 Å². The second-order valence-electron chi connectivity index (χ2n) is 1.05. The fraction of sp³-hybridized carbons (Fsp3) is 0.500. The summed E-state index contributed by atoms with van der Waals surface area (Å²) in [6, 6.07) is 0. The number of hydrogen-bond acceptors (Lipinski definition) is 2. The Balaban J connectivity index is 2.00. The molecule has 0 N–H and O–H groups in total. The smallest absolute Gasteiger partial charge is 0.0712 e. The van der Waals surface area contributed by atoms with Crippen LogP contribution in [0.5, 0.6) is 0 Å². The van der Waals surface area contributed by atoms with Crippen LogP contribution in [-0.4, -0.2) is 11.5 Å². The van der Waals surface area contributed by atoms with Crippen molar-refractivity contribution in [1.82, 2.24) is 0 Å². The lowest BCUT2D eigenvalue weighted by atomic mass is 10.6. The fourth-order valence-electron chi connectivity index (χ4n) is 0.311. The molecule has 0 aliphatic carbocycles. The van der Waals surface area contributed by atoms with E-state index >= 15 is 0 Å². The Morgan fingerprint density at radius 1 is 1.17 bits per heavy atom. The molecule has 0 spiro atoms. The largest absolute Gasteiger partial charge is 0.145 e. The van der Waals surface area contributed by atoms with Crippen molar-refractivity contribution in [3.8, 4) is 0 Å². The van der Waals surface area contributed by atoms with Gasteiger partial charge in [0, 0.05) is 0 Å². The van der Waals surface area contributed by atoms with Gasteiger partial charge in [-0.15, -0.1) is 23.5 Å². The normalized spacial score (nSPS) is 24.0. The second kappa shape index (κ2) is 2.80. The zero-order valence-corrected chi connectivity index (χ0v) is 5.02. The zero-order valence-electron chi connectivity index (χ0n) is 3.39. The molecule has 6 heavy (non-hydrogen) atoms. The second-order valence-corrected chi connectivity index (χ2v) is 3.15. The van der Waals surface area contributed by atoms with Gasteiger partial charge in [0.1, 0.15) is 0 Å². The molecule has 0 atom stereocenters. The molecule has 2 heteroatoms. The SMILES string of the molecule is [CH]1CS[CH]SC1. The van der Waals surface area contributed by atoms with Crippen molar-refractivity contribution < 1.29 is 0 Å². The zero-order chi connectivity index (χ0) is 4.24. The highest BCUT2D eigenvalue weighted by atomic mass is 32.2. The van der Waals surface area contributed by atoms with Gasteiger partial charge in [-0.05, 0) is 17.9 Å². The summed E-state index contributed by atoms with van der Waals surface area (Å²) in [6.07, 6.45) is 2.29. The monoisotopic (exact) mass is 118 g/mol. The third kappa shape index (κ3) is 1.43. The average molecular weight is 118 g/mol. The van der Waals surface area contributed by atoms with Crippen LogP contribution in [0.2, 0.25) is 0 Å². The van der Waals surface area contributed by atoms with Gasteiger partial charge in [-0.2, -0.15) is 0 Å².